The van der Waals surface area contributed by atoms with Crippen molar-refractivity contribution in [1.29, 1.82) is 0 Å². The molecule has 2 aliphatic carbocycles. The Bertz CT molecular complexity index is 1860. The summed E-state index contributed by atoms with van der Waals surface area (Å²) in [6, 6.07) is 18.3. The highest BCUT2D eigenvalue weighted by Crippen LogP contribution is 2.59. The van der Waals surface area contributed by atoms with Crippen molar-refractivity contribution in [2.75, 3.05) is 26.4 Å². The standard InChI is InChI=1S/C42H44O4Si/c1-23-13-24(2)16-29(15-23)37-31-19-27(5)41(33(31)21-35-39(37)45-11-9-43-35)47(7,8)42-28(6)20-32-34(42)22-36-40(46-12-10-44-36)38(32)30-17-25(3)14-26(4)18-30/h13-22,41-42H,9-12H2,1-8H3. The van der Waals surface area contributed by atoms with E-state index >= 15 is 0 Å². The van der Waals surface area contributed by atoms with Crippen LogP contribution < -0.4 is 18.9 Å². The normalized spacial score (nSPS) is 19.2. The van der Waals surface area contributed by atoms with Gasteiger partial charge in [0.2, 0.25) is 0 Å². The molecule has 4 aromatic rings. The average Bonchev–Trinajstić information content (AvgIpc) is 3.52. The highest BCUT2D eigenvalue weighted by Gasteiger charge is 2.49. The molecular formula is C42H44O4Si. The maximum atomic E-state index is 6.38. The summed E-state index contributed by atoms with van der Waals surface area (Å²) in [5.74, 6) is 3.51. The van der Waals surface area contributed by atoms with Crippen molar-refractivity contribution in [3.63, 3.8) is 0 Å². The summed E-state index contributed by atoms with van der Waals surface area (Å²) in [7, 11) is -2.18. The molecular weight excluding hydrogens is 597 g/mol. The van der Waals surface area contributed by atoms with Crippen molar-refractivity contribution in [1.82, 2.24) is 0 Å². The van der Waals surface area contributed by atoms with Crippen LogP contribution in [0.15, 0.2) is 59.7 Å². The minimum Gasteiger partial charge on any atom is -0.486 e. The average molecular weight is 641 g/mol. The third-order valence-corrected chi connectivity index (χ3v) is 15.1. The summed E-state index contributed by atoms with van der Waals surface area (Å²) in [6.45, 7) is 20.8. The van der Waals surface area contributed by atoms with E-state index in [-0.39, 0.29) is 0 Å². The number of ether oxygens (including phenoxy) is 4. The van der Waals surface area contributed by atoms with E-state index in [0.29, 0.717) is 37.5 Å². The molecule has 2 atom stereocenters. The maximum absolute atomic E-state index is 6.38. The second-order valence-corrected chi connectivity index (χ2v) is 19.6. The molecule has 0 radical (unpaired) electrons. The van der Waals surface area contributed by atoms with Crippen molar-refractivity contribution in [3.8, 4) is 45.3 Å². The molecule has 2 unspecified atom stereocenters. The molecule has 4 nitrogen and oxygen atoms in total. The van der Waals surface area contributed by atoms with E-state index in [4.69, 9.17) is 18.9 Å². The predicted octanol–water partition coefficient (Wildman–Crippen LogP) is 10.3. The number of hydrogen-bond donors (Lipinski definition) is 0. The Kier molecular flexibility index (Phi) is 7.00. The fraction of sp³-hybridized carbons (Fsp3) is 0.333. The Morgan fingerprint density at radius 1 is 0.489 bits per heavy atom. The van der Waals surface area contributed by atoms with Gasteiger partial charge in [-0.05, 0) is 87.1 Å². The van der Waals surface area contributed by atoms with Gasteiger partial charge in [0.15, 0.2) is 23.0 Å². The summed E-state index contributed by atoms with van der Waals surface area (Å²) in [5.41, 5.74) is 18.6. The lowest BCUT2D eigenvalue weighted by atomic mass is 9.92. The molecule has 240 valence electrons. The smallest absolute Gasteiger partial charge is 0.169 e. The molecule has 4 aliphatic rings. The molecule has 5 heteroatoms. The van der Waals surface area contributed by atoms with Crippen LogP contribution in [0.25, 0.3) is 34.4 Å². The van der Waals surface area contributed by atoms with Crippen molar-refractivity contribution in [2.24, 2.45) is 0 Å². The highest BCUT2D eigenvalue weighted by molar-refractivity contribution is 6.81. The molecule has 0 aromatic heterocycles. The lowest BCUT2D eigenvalue weighted by molar-refractivity contribution is 0.172. The molecule has 0 amide bonds. The molecule has 0 spiro atoms. The lowest BCUT2D eigenvalue weighted by Gasteiger charge is -2.39. The molecule has 0 bridgehead atoms. The van der Waals surface area contributed by atoms with Gasteiger partial charge >= 0.3 is 0 Å². The van der Waals surface area contributed by atoms with Crippen LogP contribution in [0.4, 0.5) is 0 Å². The monoisotopic (exact) mass is 640 g/mol. The van der Waals surface area contributed by atoms with E-state index in [1.807, 2.05) is 0 Å². The van der Waals surface area contributed by atoms with E-state index in [0.717, 1.165) is 23.0 Å². The Morgan fingerprint density at radius 2 is 0.851 bits per heavy atom. The Balaban J connectivity index is 1.31. The summed E-state index contributed by atoms with van der Waals surface area (Å²) in [4.78, 5) is 0. The third kappa shape index (κ3) is 4.77. The first kappa shape index (κ1) is 30.1. The summed E-state index contributed by atoms with van der Waals surface area (Å²) >= 11 is 0. The zero-order valence-electron chi connectivity index (χ0n) is 28.9. The first-order chi connectivity index (χ1) is 22.5. The predicted molar refractivity (Wildman–Crippen MR) is 195 cm³/mol. The summed E-state index contributed by atoms with van der Waals surface area (Å²) in [6.07, 6.45) is 4.89. The maximum Gasteiger partial charge on any atom is 0.169 e. The van der Waals surface area contributed by atoms with Crippen molar-refractivity contribution >= 4 is 20.2 Å². The number of benzene rings is 4. The van der Waals surface area contributed by atoms with E-state index in [1.165, 1.54) is 77.9 Å². The Hall–Kier alpha value is -4.22. The Morgan fingerprint density at radius 3 is 1.23 bits per heavy atom. The van der Waals surface area contributed by atoms with Gasteiger partial charge in [-0.25, -0.2) is 0 Å². The van der Waals surface area contributed by atoms with Crippen molar-refractivity contribution in [3.05, 3.63) is 104 Å². The zero-order chi connectivity index (χ0) is 32.8. The van der Waals surface area contributed by atoms with Gasteiger partial charge in [0, 0.05) is 22.2 Å². The van der Waals surface area contributed by atoms with Gasteiger partial charge in [-0.1, -0.05) is 95.0 Å². The minimum atomic E-state index is -2.18. The van der Waals surface area contributed by atoms with Crippen LogP contribution in [0.1, 0.15) is 69.4 Å². The number of hydrogen-bond acceptors (Lipinski definition) is 4. The summed E-state index contributed by atoms with van der Waals surface area (Å²) in [5, 5.41) is 0. The fourth-order valence-electron chi connectivity index (χ4n) is 9.29. The molecule has 2 aliphatic heterocycles. The van der Waals surface area contributed by atoms with Gasteiger partial charge < -0.3 is 18.9 Å². The second-order valence-electron chi connectivity index (χ2n) is 14.8. The first-order valence-corrected chi connectivity index (χ1v) is 20.1. The SMILES string of the molecule is CC1=Cc2c(cc3c(c2-c2cc(C)cc(C)c2)OCCO3)C1[Si](C)(C)C1C(C)=Cc2c1cc1c(c2-c2cc(C)cc(C)c2)OCCO1. The van der Waals surface area contributed by atoms with Crippen LogP contribution in [0.2, 0.25) is 13.1 Å². The van der Waals surface area contributed by atoms with Crippen molar-refractivity contribution in [2.45, 2.75) is 65.7 Å². The van der Waals surface area contributed by atoms with Gasteiger partial charge in [0.05, 0.1) is 8.07 Å². The molecule has 0 saturated carbocycles. The summed E-state index contributed by atoms with van der Waals surface area (Å²) < 4.78 is 25.4. The molecule has 47 heavy (non-hydrogen) atoms. The van der Waals surface area contributed by atoms with Crippen LogP contribution in [-0.4, -0.2) is 34.5 Å². The second kappa shape index (κ2) is 10.9. The molecule has 0 saturated heterocycles. The van der Waals surface area contributed by atoms with Crippen LogP contribution in [0.5, 0.6) is 23.0 Å². The van der Waals surface area contributed by atoms with E-state index in [1.54, 1.807) is 0 Å². The molecule has 4 aromatic carbocycles. The third-order valence-electron chi connectivity index (χ3n) is 10.6. The largest absolute Gasteiger partial charge is 0.486 e. The molecule has 0 fully saturated rings. The van der Waals surface area contributed by atoms with Gasteiger partial charge in [0.25, 0.3) is 0 Å². The number of rotatable bonds is 4. The minimum absolute atomic E-state index is 0.315. The van der Waals surface area contributed by atoms with E-state index in [2.05, 4.69) is 115 Å². The highest BCUT2D eigenvalue weighted by atomic mass is 28.3. The van der Waals surface area contributed by atoms with Crippen LogP contribution in [0.3, 0.4) is 0 Å². The quantitative estimate of drug-likeness (QED) is 0.208. The molecule has 2 heterocycles. The van der Waals surface area contributed by atoms with Crippen molar-refractivity contribution < 1.29 is 18.9 Å². The zero-order valence-corrected chi connectivity index (χ0v) is 29.9. The van der Waals surface area contributed by atoms with Crippen LogP contribution >= 0.6 is 0 Å². The van der Waals surface area contributed by atoms with E-state index < -0.39 is 8.07 Å². The lowest BCUT2D eigenvalue weighted by Crippen LogP contribution is -2.42. The topological polar surface area (TPSA) is 36.9 Å². The van der Waals surface area contributed by atoms with Gasteiger partial charge in [-0.2, -0.15) is 0 Å². The fourth-order valence-corrected chi connectivity index (χ4v) is 14.2. The number of allylic oxidation sites excluding steroid dienone is 2. The van der Waals surface area contributed by atoms with E-state index in [9.17, 15) is 0 Å². The van der Waals surface area contributed by atoms with Gasteiger partial charge in [-0.15, -0.1) is 0 Å². The number of fused-ring (bicyclic) bond motifs is 4. The molecule has 8 rings (SSSR count). The van der Waals surface area contributed by atoms with Crippen LogP contribution in [-0.2, 0) is 0 Å². The van der Waals surface area contributed by atoms with Crippen LogP contribution in [0, 0.1) is 27.7 Å². The Labute approximate surface area is 280 Å². The van der Waals surface area contributed by atoms with Gasteiger partial charge in [0.1, 0.15) is 26.4 Å². The first-order valence-electron chi connectivity index (χ1n) is 17.0. The van der Waals surface area contributed by atoms with Gasteiger partial charge in [-0.3, -0.25) is 0 Å². The molecule has 0 N–H and O–H groups in total. The number of aryl methyl sites for hydroxylation is 4.